The Labute approximate surface area is 90.7 Å². The van der Waals surface area contributed by atoms with Crippen LogP contribution in [0.5, 0.6) is 0 Å². The monoisotopic (exact) mass is 209 g/mol. The largest absolute Gasteiger partial charge is 0.387 e. The Bertz CT molecular complexity index is 257. The highest BCUT2D eigenvalue weighted by Crippen LogP contribution is 2.11. The summed E-state index contributed by atoms with van der Waals surface area (Å²) in [5.41, 5.74) is 1.12. The molecule has 0 spiro atoms. The van der Waals surface area contributed by atoms with Crippen LogP contribution >= 0.6 is 0 Å². The number of piperazine rings is 1. The molecule has 0 aromatic carbocycles. The van der Waals surface area contributed by atoms with Crippen LogP contribution in [-0.4, -0.2) is 50.0 Å². The van der Waals surface area contributed by atoms with Crippen molar-refractivity contribution in [3.63, 3.8) is 0 Å². The standard InChI is InChI=1S/C11H19N3O/c15-11-2-1-10(9-11)13-5-8-14-6-3-12-4-7-14/h9,12-13H,1-8H2. The van der Waals surface area contributed by atoms with E-state index in [0.29, 0.717) is 6.42 Å². The quantitative estimate of drug-likeness (QED) is 0.669. The molecule has 0 bridgehead atoms. The molecule has 2 aliphatic rings. The Hall–Kier alpha value is -0.870. The summed E-state index contributed by atoms with van der Waals surface area (Å²) >= 11 is 0. The molecule has 1 fully saturated rings. The van der Waals surface area contributed by atoms with Crippen LogP contribution < -0.4 is 10.6 Å². The van der Waals surface area contributed by atoms with Gasteiger partial charge in [0.25, 0.3) is 0 Å². The maximum Gasteiger partial charge on any atom is 0.157 e. The normalized spacial score (nSPS) is 22.9. The maximum atomic E-state index is 11.0. The molecule has 1 heterocycles. The van der Waals surface area contributed by atoms with E-state index in [9.17, 15) is 4.79 Å². The van der Waals surface area contributed by atoms with E-state index in [-0.39, 0.29) is 5.78 Å². The SMILES string of the molecule is O=C1C=C(NCCN2CCNCC2)CC1. The second-order valence-electron chi connectivity index (χ2n) is 4.15. The lowest BCUT2D eigenvalue weighted by Gasteiger charge is -2.27. The van der Waals surface area contributed by atoms with Gasteiger partial charge < -0.3 is 10.6 Å². The van der Waals surface area contributed by atoms with E-state index in [1.54, 1.807) is 6.08 Å². The summed E-state index contributed by atoms with van der Waals surface area (Å²) in [6.07, 6.45) is 3.34. The Morgan fingerprint density at radius 1 is 1.33 bits per heavy atom. The molecule has 0 aromatic heterocycles. The number of allylic oxidation sites excluding steroid dienone is 2. The van der Waals surface area contributed by atoms with E-state index < -0.39 is 0 Å². The Morgan fingerprint density at radius 2 is 2.13 bits per heavy atom. The molecule has 4 nitrogen and oxygen atoms in total. The topological polar surface area (TPSA) is 44.4 Å². The van der Waals surface area contributed by atoms with E-state index in [1.165, 1.54) is 0 Å². The smallest absolute Gasteiger partial charge is 0.157 e. The first-order valence-electron chi connectivity index (χ1n) is 5.75. The van der Waals surface area contributed by atoms with Gasteiger partial charge in [0.15, 0.2) is 5.78 Å². The lowest BCUT2D eigenvalue weighted by Crippen LogP contribution is -2.45. The molecular weight excluding hydrogens is 190 g/mol. The average Bonchev–Trinajstić information content (AvgIpc) is 2.66. The fourth-order valence-electron chi connectivity index (χ4n) is 2.05. The van der Waals surface area contributed by atoms with Gasteiger partial charge >= 0.3 is 0 Å². The molecule has 0 unspecified atom stereocenters. The first-order valence-corrected chi connectivity index (χ1v) is 5.75. The van der Waals surface area contributed by atoms with Gasteiger partial charge in [0, 0.05) is 57.5 Å². The first kappa shape index (κ1) is 10.6. The second kappa shape index (κ2) is 5.28. The molecule has 1 aliphatic carbocycles. The fourth-order valence-corrected chi connectivity index (χ4v) is 2.05. The molecule has 0 amide bonds. The number of hydrogen-bond donors (Lipinski definition) is 2. The van der Waals surface area contributed by atoms with E-state index in [1.807, 2.05) is 0 Å². The van der Waals surface area contributed by atoms with Gasteiger partial charge in [-0.05, 0) is 6.42 Å². The minimum absolute atomic E-state index is 0.264. The Balaban J connectivity index is 1.62. The van der Waals surface area contributed by atoms with Crippen molar-refractivity contribution < 1.29 is 4.79 Å². The van der Waals surface area contributed by atoms with Crippen molar-refractivity contribution in [1.29, 1.82) is 0 Å². The highest BCUT2D eigenvalue weighted by molar-refractivity contribution is 5.92. The summed E-state index contributed by atoms with van der Waals surface area (Å²) in [6.45, 7) is 6.51. The minimum Gasteiger partial charge on any atom is -0.387 e. The zero-order valence-corrected chi connectivity index (χ0v) is 9.09. The molecule has 0 radical (unpaired) electrons. The van der Waals surface area contributed by atoms with Crippen LogP contribution in [0.1, 0.15) is 12.8 Å². The third-order valence-electron chi connectivity index (χ3n) is 2.97. The highest BCUT2D eigenvalue weighted by atomic mass is 16.1. The maximum absolute atomic E-state index is 11.0. The number of carbonyl (C=O) groups excluding carboxylic acids is 1. The van der Waals surface area contributed by atoms with Crippen LogP contribution in [0.4, 0.5) is 0 Å². The Kier molecular flexibility index (Phi) is 3.75. The number of nitrogens with zero attached hydrogens (tertiary/aromatic N) is 1. The van der Waals surface area contributed by atoms with Crippen LogP contribution in [0.2, 0.25) is 0 Å². The van der Waals surface area contributed by atoms with Crippen LogP contribution in [-0.2, 0) is 4.79 Å². The fraction of sp³-hybridized carbons (Fsp3) is 0.727. The van der Waals surface area contributed by atoms with Crippen molar-refractivity contribution in [3.05, 3.63) is 11.8 Å². The molecule has 0 atom stereocenters. The van der Waals surface area contributed by atoms with E-state index in [4.69, 9.17) is 0 Å². The highest BCUT2D eigenvalue weighted by Gasteiger charge is 2.12. The van der Waals surface area contributed by atoms with Gasteiger partial charge in [0.2, 0.25) is 0 Å². The van der Waals surface area contributed by atoms with Gasteiger partial charge in [-0.3, -0.25) is 9.69 Å². The molecule has 2 N–H and O–H groups in total. The van der Waals surface area contributed by atoms with Crippen LogP contribution in [0.15, 0.2) is 11.8 Å². The molecule has 84 valence electrons. The molecule has 1 aliphatic heterocycles. The van der Waals surface area contributed by atoms with Crippen molar-refractivity contribution in [1.82, 2.24) is 15.5 Å². The first-order chi connectivity index (χ1) is 7.34. The zero-order chi connectivity index (χ0) is 10.5. The molecule has 4 heteroatoms. The number of nitrogens with one attached hydrogen (secondary N) is 2. The summed E-state index contributed by atoms with van der Waals surface area (Å²) < 4.78 is 0. The predicted molar refractivity (Wildman–Crippen MR) is 59.6 cm³/mol. The van der Waals surface area contributed by atoms with Crippen LogP contribution in [0.25, 0.3) is 0 Å². The lowest BCUT2D eigenvalue weighted by atomic mass is 10.3. The van der Waals surface area contributed by atoms with E-state index in [2.05, 4.69) is 15.5 Å². The van der Waals surface area contributed by atoms with Gasteiger partial charge in [0.1, 0.15) is 0 Å². The zero-order valence-electron chi connectivity index (χ0n) is 9.09. The summed E-state index contributed by atoms with van der Waals surface area (Å²) in [7, 11) is 0. The molecule has 15 heavy (non-hydrogen) atoms. The van der Waals surface area contributed by atoms with E-state index >= 15 is 0 Å². The van der Waals surface area contributed by atoms with Gasteiger partial charge in [-0.25, -0.2) is 0 Å². The van der Waals surface area contributed by atoms with Gasteiger partial charge in [0.05, 0.1) is 0 Å². The Morgan fingerprint density at radius 3 is 2.80 bits per heavy atom. The summed E-state index contributed by atoms with van der Waals surface area (Å²) in [5, 5.41) is 6.67. The third kappa shape index (κ3) is 3.32. The summed E-state index contributed by atoms with van der Waals surface area (Å²) in [4.78, 5) is 13.4. The molecular formula is C11H19N3O. The van der Waals surface area contributed by atoms with Crippen LogP contribution in [0, 0.1) is 0 Å². The van der Waals surface area contributed by atoms with E-state index in [0.717, 1.165) is 51.4 Å². The lowest BCUT2D eigenvalue weighted by molar-refractivity contribution is -0.114. The van der Waals surface area contributed by atoms with Crippen LogP contribution in [0.3, 0.4) is 0 Å². The molecule has 2 rings (SSSR count). The summed E-state index contributed by atoms with van der Waals surface area (Å²) in [6, 6.07) is 0. The number of hydrogen-bond acceptors (Lipinski definition) is 4. The van der Waals surface area contributed by atoms with Crippen molar-refractivity contribution in [2.75, 3.05) is 39.3 Å². The van der Waals surface area contributed by atoms with Gasteiger partial charge in [-0.1, -0.05) is 0 Å². The third-order valence-corrected chi connectivity index (χ3v) is 2.97. The van der Waals surface area contributed by atoms with Gasteiger partial charge in [-0.15, -0.1) is 0 Å². The number of ketones is 1. The second-order valence-corrected chi connectivity index (χ2v) is 4.15. The van der Waals surface area contributed by atoms with Crippen molar-refractivity contribution in [2.45, 2.75) is 12.8 Å². The molecule has 0 saturated carbocycles. The average molecular weight is 209 g/mol. The van der Waals surface area contributed by atoms with Crippen molar-refractivity contribution in [2.24, 2.45) is 0 Å². The van der Waals surface area contributed by atoms with Crippen molar-refractivity contribution >= 4 is 5.78 Å². The van der Waals surface area contributed by atoms with Crippen molar-refractivity contribution in [3.8, 4) is 0 Å². The van der Waals surface area contributed by atoms with Gasteiger partial charge in [-0.2, -0.15) is 0 Å². The minimum atomic E-state index is 0.264. The summed E-state index contributed by atoms with van der Waals surface area (Å²) in [5.74, 6) is 0.264. The number of rotatable bonds is 4. The predicted octanol–water partition coefficient (Wildman–Crippen LogP) is -0.272. The molecule has 1 saturated heterocycles. The molecule has 0 aromatic rings. The number of carbonyl (C=O) groups is 1.